The number of para-hydroxylation sites is 1. The lowest BCUT2D eigenvalue weighted by Gasteiger charge is -2.08. The number of hydrogen-bond donors (Lipinski definition) is 2. The number of hydrogen-bond acceptors (Lipinski definition) is 4. The van der Waals surface area contributed by atoms with Gasteiger partial charge in [0.2, 0.25) is 0 Å². The molecular formula is C18H16N4O3. The fourth-order valence-corrected chi connectivity index (χ4v) is 3.17. The van der Waals surface area contributed by atoms with Crippen LogP contribution < -0.4 is 10.9 Å². The highest BCUT2D eigenvalue weighted by atomic mass is 16.3. The number of rotatable bonds is 3. The molecule has 4 rings (SSSR count). The zero-order valence-corrected chi connectivity index (χ0v) is 13.3. The first-order valence-corrected chi connectivity index (χ1v) is 8.01. The molecule has 7 heteroatoms. The molecule has 2 N–H and O–H groups in total. The van der Waals surface area contributed by atoms with Crippen LogP contribution in [0.2, 0.25) is 0 Å². The predicted octanol–water partition coefficient (Wildman–Crippen LogP) is 1.94. The van der Waals surface area contributed by atoms with Crippen LogP contribution in [0.5, 0.6) is 5.75 Å². The van der Waals surface area contributed by atoms with Crippen molar-refractivity contribution >= 4 is 11.7 Å². The number of anilines is 1. The molecule has 0 saturated heterocycles. The van der Waals surface area contributed by atoms with Crippen LogP contribution in [0.15, 0.2) is 53.5 Å². The van der Waals surface area contributed by atoms with Crippen molar-refractivity contribution in [2.24, 2.45) is 0 Å². The van der Waals surface area contributed by atoms with Gasteiger partial charge in [0.1, 0.15) is 17.1 Å². The summed E-state index contributed by atoms with van der Waals surface area (Å²) >= 11 is 0. The maximum absolute atomic E-state index is 12.9. The average Bonchev–Trinajstić information content (AvgIpc) is 3.17. The summed E-state index contributed by atoms with van der Waals surface area (Å²) in [7, 11) is 0. The average molecular weight is 336 g/mol. The second kappa shape index (κ2) is 5.94. The summed E-state index contributed by atoms with van der Waals surface area (Å²) in [5, 5.41) is 11.9. The van der Waals surface area contributed by atoms with Crippen molar-refractivity contribution in [3.63, 3.8) is 0 Å². The van der Waals surface area contributed by atoms with E-state index in [2.05, 4.69) is 10.3 Å². The molecule has 2 aromatic heterocycles. The van der Waals surface area contributed by atoms with Gasteiger partial charge >= 0.3 is 0 Å². The van der Waals surface area contributed by atoms with Crippen molar-refractivity contribution in [1.29, 1.82) is 0 Å². The van der Waals surface area contributed by atoms with Crippen LogP contribution in [0.4, 0.5) is 5.82 Å². The van der Waals surface area contributed by atoms with E-state index in [9.17, 15) is 14.7 Å². The van der Waals surface area contributed by atoms with Crippen LogP contribution in [0.25, 0.3) is 5.69 Å². The van der Waals surface area contributed by atoms with Gasteiger partial charge in [-0.15, -0.1) is 0 Å². The molecule has 25 heavy (non-hydrogen) atoms. The maximum Gasteiger partial charge on any atom is 0.284 e. The maximum atomic E-state index is 12.9. The highest BCUT2D eigenvalue weighted by Crippen LogP contribution is 2.21. The van der Waals surface area contributed by atoms with Crippen LogP contribution in [-0.4, -0.2) is 25.4 Å². The fraction of sp³-hybridized carbons (Fsp3) is 0.167. The van der Waals surface area contributed by atoms with Gasteiger partial charge in [-0.05, 0) is 37.1 Å². The SMILES string of the molecule is O=C(Nc1ccc(O)cn1)c1c2n(n(-c3ccccc3)c1=O)CCC2. The molecule has 1 aromatic carbocycles. The van der Waals surface area contributed by atoms with Crippen molar-refractivity contribution in [2.75, 3.05) is 5.32 Å². The van der Waals surface area contributed by atoms with Gasteiger partial charge in [0.15, 0.2) is 0 Å². The minimum Gasteiger partial charge on any atom is -0.506 e. The van der Waals surface area contributed by atoms with Gasteiger partial charge in [-0.3, -0.25) is 14.3 Å². The molecular weight excluding hydrogens is 320 g/mol. The molecule has 7 nitrogen and oxygen atoms in total. The van der Waals surface area contributed by atoms with Crippen LogP contribution in [0.3, 0.4) is 0 Å². The number of fused-ring (bicyclic) bond motifs is 1. The minimum absolute atomic E-state index is 0.00851. The molecule has 1 aliphatic rings. The molecule has 0 atom stereocenters. The van der Waals surface area contributed by atoms with Crippen molar-refractivity contribution in [3.8, 4) is 11.4 Å². The van der Waals surface area contributed by atoms with Gasteiger partial charge in [0, 0.05) is 6.54 Å². The van der Waals surface area contributed by atoms with E-state index >= 15 is 0 Å². The van der Waals surface area contributed by atoms with E-state index in [1.54, 1.807) is 4.68 Å². The Balaban J connectivity index is 1.77. The van der Waals surface area contributed by atoms with E-state index in [4.69, 9.17) is 0 Å². The van der Waals surface area contributed by atoms with Crippen molar-refractivity contribution in [3.05, 3.63) is 70.3 Å². The third-order valence-corrected chi connectivity index (χ3v) is 4.25. The van der Waals surface area contributed by atoms with Gasteiger partial charge in [-0.25, -0.2) is 9.67 Å². The zero-order chi connectivity index (χ0) is 17.4. The Morgan fingerprint density at radius 3 is 2.68 bits per heavy atom. The largest absolute Gasteiger partial charge is 0.506 e. The molecule has 0 unspecified atom stereocenters. The molecule has 1 amide bonds. The number of carbonyl (C=O) groups is 1. The van der Waals surface area contributed by atoms with Crippen LogP contribution in [-0.2, 0) is 13.0 Å². The van der Waals surface area contributed by atoms with Gasteiger partial charge in [0.25, 0.3) is 11.5 Å². The Hall–Kier alpha value is -3.35. The second-order valence-electron chi connectivity index (χ2n) is 5.86. The van der Waals surface area contributed by atoms with Crippen LogP contribution in [0, 0.1) is 0 Å². The van der Waals surface area contributed by atoms with E-state index < -0.39 is 5.91 Å². The summed E-state index contributed by atoms with van der Waals surface area (Å²) in [6, 6.07) is 12.2. The molecule has 3 heterocycles. The number of aromatic nitrogens is 3. The molecule has 1 aliphatic heterocycles. The third-order valence-electron chi connectivity index (χ3n) is 4.25. The first-order valence-electron chi connectivity index (χ1n) is 8.01. The molecule has 3 aromatic rings. The Kier molecular flexibility index (Phi) is 3.61. The topological polar surface area (TPSA) is 89.2 Å². The lowest BCUT2D eigenvalue weighted by molar-refractivity contribution is 0.102. The molecule has 0 radical (unpaired) electrons. The van der Waals surface area contributed by atoms with Crippen molar-refractivity contribution in [1.82, 2.24) is 14.3 Å². The zero-order valence-electron chi connectivity index (χ0n) is 13.3. The van der Waals surface area contributed by atoms with E-state index in [1.807, 2.05) is 35.0 Å². The third kappa shape index (κ3) is 2.59. The second-order valence-corrected chi connectivity index (χ2v) is 5.86. The summed E-state index contributed by atoms with van der Waals surface area (Å²) in [5.41, 5.74) is 1.29. The number of pyridine rings is 1. The van der Waals surface area contributed by atoms with Crippen LogP contribution >= 0.6 is 0 Å². The summed E-state index contributed by atoms with van der Waals surface area (Å²) in [6.45, 7) is 0.699. The first kappa shape index (κ1) is 15.2. The molecule has 0 spiro atoms. The molecule has 126 valence electrons. The quantitative estimate of drug-likeness (QED) is 0.765. The molecule has 0 fully saturated rings. The summed E-state index contributed by atoms with van der Waals surface area (Å²) < 4.78 is 3.43. The van der Waals surface area contributed by atoms with E-state index in [-0.39, 0.29) is 22.7 Å². The number of benzene rings is 1. The number of amides is 1. The molecule has 0 aliphatic carbocycles. The highest BCUT2D eigenvalue weighted by molar-refractivity contribution is 6.04. The highest BCUT2D eigenvalue weighted by Gasteiger charge is 2.28. The van der Waals surface area contributed by atoms with Crippen LogP contribution in [0.1, 0.15) is 22.5 Å². The Morgan fingerprint density at radius 2 is 1.96 bits per heavy atom. The summed E-state index contributed by atoms with van der Waals surface area (Å²) in [4.78, 5) is 29.5. The van der Waals surface area contributed by atoms with Gasteiger partial charge < -0.3 is 10.4 Å². The summed E-state index contributed by atoms with van der Waals surface area (Å²) in [5.74, 6) is -0.191. The molecule has 0 saturated carbocycles. The predicted molar refractivity (Wildman–Crippen MR) is 92.2 cm³/mol. The van der Waals surface area contributed by atoms with Gasteiger partial charge in [-0.1, -0.05) is 18.2 Å². The number of aromatic hydroxyl groups is 1. The number of carbonyl (C=O) groups excluding carboxylic acids is 1. The fourth-order valence-electron chi connectivity index (χ4n) is 3.17. The van der Waals surface area contributed by atoms with Gasteiger partial charge in [-0.2, -0.15) is 0 Å². The lowest BCUT2D eigenvalue weighted by atomic mass is 10.2. The van der Waals surface area contributed by atoms with Crippen molar-refractivity contribution < 1.29 is 9.90 Å². The Bertz CT molecular complexity index is 988. The smallest absolute Gasteiger partial charge is 0.284 e. The monoisotopic (exact) mass is 336 g/mol. The van der Waals surface area contributed by atoms with E-state index in [0.717, 1.165) is 17.8 Å². The number of nitrogens with one attached hydrogen (secondary N) is 1. The van der Waals surface area contributed by atoms with Gasteiger partial charge in [0.05, 0.1) is 17.6 Å². The summed E-state index contributed by atoms with van der Waals surface area (Å²) in [6.07, 6.45) is 2.81. The number of nitrogens with zero attached hydrogens (tertiary/aromatic N) is 3. The minimum atomic E-state index is -0.483. The van der Waals surface area contributed by atoms with E-state index in [0.29, 0.717) is 13.0 Å². The normalized spacial score (nSPS) is 12.8. The standard InChI is InChI=1S/C18H16N4O3/c23-13-8-9-15(19-11-13)20-17(24)16-14-7-4-10-21(14)22(18(16)25)12-5-2-1-3-6-12/h1-3,5-6,8-9,11,23H,4,7,10H2,(H,19,20,24). The van der Waals surface area contributed by atoms with E-state index in [1.165, 1.54) is 18.3 Å². The Morgan fingerprint density at radius 1 is 1.16 bits per heavy atom. The first-order chi connectivity index (χ1) is 12.1. The van der Waals surface area contributed by atoms with Crippen molar-refractivity contribution in [2.45, 2.75) is 19.4 Å². The molecule has 0 bridgehead atoms. The Labute approximate surface area is 143 Å². The lowest BCUT2D eigenvalue weighted by Crippen LogP contribution is -2.26.